The summed E-state index contributed by atoms with van der Waals surface area (Å²) in [4.78, 5) is 0. The first-order valence-electron chi connectivity index (χ1n) is 4.66. The Morgan fingerprint density at radius 1 is 0.857 bits per heavy atom. The van der Waals surface area contributed by atoms with E-state index in [0.29, 0.717) is 13.2 Å². The van der Waals surface area contributed by atoms with Gasteiger partial charge in [0.05, 0.1) is 0 Å². The number of hydrogen-bond donors (Lipinski definition) is 0. The average Bonchev–Trinajstić information content (AvgIpc) is 2.19. The van der Waals surface area contributed by atoms with Crippen molar-refractivity contribution in [1.82, 2.24) is 0 Å². The Morgan fingerprint density at radius 3 is 1.64 bits per heavy atom. The van der Waals surface area contributed by atoms with Crippen molar-refractivity contribution in [3.8, 4) is 0 Å². The lowest BCUT2D eigenvalue weighted by atomic mass is 10.4. The van der Waals surface area contributed by atoms with Gasteiger partial charge in [0, 0.05) is 4.57 Å². The molecule has 0 rings (SSSR count). The Morgan fingerprint density at radius 2 is 1.29 bits per heavy atom. The molecule has 0 radical (unpaired) electrons. The summed E-state index contributed by atoms with van der Waals surface area (Å²) in [5, 5.41) is 0. The topological polar surface area (TPSA) is 35.5 Å². The van der Waals surface area contributed by atoms with Crippen LogP contribution in [0, 0.1) is 0 Å². The summed E-state index contributed by atoms with van der Waals surface area (Å²) in [7, 11) is -1.87. The highest BCUT2D eigenvalue weighted by atomic mass is 127. The second kappa shape index (κ2) is 12.5. The summed E-state index contributed by atoms with van der Waals surface area (Å²) in [6.45, 7) is 1.09. The summed E-state index contributed by atoms with van der Waals surface area (Å²) in [6.07, 6.45) is 4.14. The Labute approximate surface area is 114 Å². The van der Waals surface area contributed by atoms with Crippen molar-refractivity contribution in [2.75, 3.05) is 22.1 Å². The van der Waals surface area contributed by atoms with Gasteiger partial charge in [-0.2, -0.15) is 0 Å². The van der Waals surface area contributed by atoms with E-state index in [-0.39, 0.29) is 0 Å². The van der Waals surface area contributed by atoms with E-state index in [1.165, 1.54) is 0 Å². The van der Waals surface area contributed by atoms with Crippen molar-refractivity contribution < 1.29 is 13.6 Å². The maximum atomic E-state index is 11.1. The summed E-state index contributed by atoms with van der Waals surface area (Å²) in [6, 6.07) is 0. The first kappa shape index (κ1) is 15.5. The summed E-state index contributed by atoms with van der Waals surface area (Å²) < 4.78 is 23.3. The third-order valence-corrected chi connectivity index (χ3v) is 3.76. The largest absolute Gasteiger partial charge is 0.697 e. The van der Waals surface area contributed by atoms with Crippen LogP contribution in [0.5, 0.6) is 0 Å². The number of alkyl halides is 2. The van der Waals surface area contributed by atoms with Gasteiger partial charge < -0.3 is 0 Å². The van der Waals surface area contributed by atoms with E-state index in [1.54, 1.807) is 0 Å². The van der Waals surface area contributed by atoms with Crippen molar-refractivity contribution in [3.05, 3.63) is 0 Å². The number of halogens is 2. The second-order valence-electron chi connectivity index (χ2n) is 2.68. The van der Waals surface area contributed by atoms with Crippen LogP contribution in [-0.4, -0.2) is 22.1 Å². The average molecular weight is 445 g/mol. The molecular weight excluding hydrogens is 429 g/mol. The molecule has 0 fully saturated rings. The predicted octanol–water partition coefficient (Wildman–Crippen LogP) is 4.11. The van der Waals surface area contributed by atoms with Crippen LogP contribution in [0.3, 0.4) is 0 Å². The molecule has 0 N–H and O–H groups in total. The third kappa shape index (κ3) is 11.6. The van der Waals surface area contributed by atoms with E-state index >= 15 is 0 Å². The molecule has 0 heterocycles. The van der Waals surface area contributed by atoms with E-state index in [1.807, 2.05) is 0 Å². The zero-order valence-electron chi connectivity index (χ0n) is 8.08. The van der Waals surface area contributed by atoms with E-state index in [9.17, 15) is 4.57 Å². The lowest BCUT2D eigenvalue weighted by Gasteiger charge is -1.92. The van der Waals surface area contributed by atoms with Crippen LogP contribution in [0.25, 0.3) is 0 Å². The highest BCUT2D eigenvalue weighted by Crippen LogP contribution is 2.24. The van der Waals surface area contributed by atoms with E-state index in [2.05, 4.69) is 45.2 Å². The van der Waals surface area contributed by atoms with Crippen molar-refractivity contribution in [2.45, 2.75) is 25.7 Å². The minimum atomic E-state index is -1.87. The molecule has 0 aliphatic rings. The lowest BCUT2D eigenvalue weighted by molar-refractivity contribution is 0.221. The van der Waals surface area contributed by atoms with Crippen LogP contribution < -0.4 is 0 Å². The van der Waals surface area contributed by atoms with E-state index < -0.39 is 8.25 Å². The van der Waals surface area contributed by atoms with Crippen molar-refractivity contribution in [2.24, 2.45) is 0 Å². The van der Waals surface area contributed by atoms with Gasteiger partial charge in [0.25, 0.3) is 0 Å². The molecule has 3 nitrogen and oxygen atoms in total. The van der Waals surface area contributed by atoms with Crippen LogP contribution in [0.4, 0.5) is 0 Å². The highest BCUT2D eigenvalue weighted by molar-refractivity contribution is 14.1. The first-order valence-corrected chi connectivity index (χ1v) is 8.81. The fourth-order valence-electron chi connectivity index (χ4n) is 0.709. The third-order valence-electron chi connectivity index (χ3n) is 1.45. The van der Waals surface area contributed by atoms with Gasteiger partial charge in [0.2, 0.25) is 0 Å². The molecule has 0 spiro atoms. The Kier molecular flexibility index (Phi) is 13.9. The minimum absolute atomic E-state index is 0.546. The van der Waals surface area contributed by atoms with E-state index in [0.717, 1.165) is 34.5 Å². The monoisotopic (exact) mass is 445 g/mol. The maximum absolute atomic E-state index is 11.1. The zero-order valence-corrected chi connectivity index (χ0v) is 13.3. The molecule has 0 amide bonds. The molecule has 0 bridgehead atoms. The smallest absolute Gasteiger partial charge is 0.119 e. The first-order chi connectivity index (χ1) is 6.81. The highest BCUT2D eigenvalue weighted by Gasteiger charge is 2.18. The Hall–Kier alpha value is 1.48. The fourth-order valence-corrected chi connectivity index (χ4v) is 2.42. The van der Waals surface area contributed by atoms with E-state index in [4.69, 9.17) is 9.05 Å². The molecule has 0 aliphatic heterocycles. The maximum Gasteiger partial charge on any atom is 0.697 e. The van der Waals surface area contributed by atoms with Gasteiger partial charge in [0.15, 0.2) is 0 Å². The molecule has 84 valence electrons. The van der Waals surface area contributed by atoms with Crippen LogP contribution in [0.2, 0.25) is 0 Å². The molecule has 6 heteroatoms. The SMILES string of the molecule is O=[P+](OCCCCI)OCCCCI. The van der Waals surface area contributed by atoms with Crippen LogP contribution in [0.1, 0.15) is 25.7 Å². The quantitative estimate of drug-likeness (QED) is 0.220. The molecule has 0 saturated carbocycles. The minimum Gasteiger partial charge on any atom is -0.119 e. The lowest BCUT2D eigenvalue weighted by Crippen LogP contribution is -1.92. The standard InChI is InChI=1S/C8H16I2O3P/c9-5-1-3-7-12-14(11)13-8-4-2-6-10/h1-8H2/q+1. The Bertz CT molecular complexity index is 133. The fraction of sp³-hybridized carbons (Fsp3) is 1.00. The number of hydrogen-bond acceptors (Lipinski definition) is 3. The zero-order chi connectivity index (χ0) is 10.6. The molecule has 0 aliphatic carbocycles. The van der Waals surface area contributed by atoms with Crippen LogP contribution in [-0.2, 0) is 13.6 Å². The number of unbranched alkanes of at least 4 members (excludes halogenated alkanes) is 2. The van der Waals surface area contributed by atoms with Crippen molar-refractivity contribution in [1.29, 1.82) is 0 Å². The second-order valence-corrected chi connectivity index (χ2v) is 5.80. The molecule has 0 unspecified atom stereocenters. The normalized spacial score (nSPS) is 10.4. The molecule has 0 saturated heterocycles. The van der Waals surface area contributed by atoms with Crippen molar-refractivity contribution >= 4 is 53.4 Å². The van der Waals surface area contributed by atoms with Gasteiger partial charge in [-0.1, -0.05) is 45.2 Å². The molecular formula is C8H16I2O3P+. The summed E-state index contributed by atoms with van der Waals surface area (Å²) >= 11 is 4.63. The molecule has 0 aromatic rings. The summed E-state index contributed by atoms with van der Waals surface area (Å²) in [5.41, 5.74) is 0. The van der Waals surface area contributed by atoms with Crippen molar-refractivity contribution in [3.63, 3.8) is 0 Å². The Balaban J connectivity index is 3.11. The van der Waals surface area contributed by atoms with Gasteiger partial charge in [-0.05, 0) is 34.5 Å². The van der Waals surface area contributed by atoms with Gasteiger partial charge in [-0.3, -0.25) is 0 Å². The van der Waals surface area contributed by atoms with Gasteiger partial charge in [-0.15, -0.1) is 9.05 Å². The predicted molar refractivity (Wildman–Crippen MR) is 75.8 cm³/mol. The summed E-state index contributed by atoms with van der Waals surface area (Å²) in [5.74, 6) is 0. The van der Waals surface area contributed by atoms with Crippen LogP contribution >= 0.6 is 53.4 Å². The molecule has 0 aromatic heterocycles. The molecule has 0 atom stereocenters. The molecule has 14 heavy (non-hydrogen) atoms. The molecule has 0 aromatic carbocycles. The van der Waals surface area contributed by atoms with Gasteiger partial charge in [-0.25, -0.2) is 0 Å². The van der Waals surface area contributed by atoms with Gasteiger partial charge in [0.1, 0.15) is 13.2 Å². The van der Waals surface area contributed by atoms with Gasteiger partial charge >= 0.3 is 8.25 Å². The van der Waals surface area contributed by atoms with Crippen LogP contribution in [0.15, 0.2) is 0 Å². The number of rotatable bonds is 10.